The second kappa shape index (κ2) is 3.15. The first-order chi connectivity index (χ1) is 4.83. The molecule has 1 N–H and O–H groups in total. The highest BCUT2D eigenvalue weighted by molar-refractivity contribution is 6.33. The summed E-state index contributed by atoms with van der Waals surface area (Å²) in [4.78, 5) is 3.92. The molecule has 0 aromatic rings. The molecule has 0 aromatic heterocycles. The first kappa shape index (κ1) is 7.00. The van der Waals surface area contributed by atoms with Crippen LogP contribution >= 0.6 is 0 Å². The Morgan fingerprint density at radius 1 is 1.60 bits per heavy atom. The normalized spacial score (nSPS) is 17.2. The van der Waals surface area contributed by atoms with Crippen molar-refractivity contribution >= 4 is 20.3 Å². The van der Waals surface area contributed by atoms with Gasteiger partial charge >= 0.3 is 0 Å². The van der Waals surface area contributed by atoms with Gasteiger partial charge in [-0.1, -0.05) is 17.6 Å². The van der Waals surface area contributed by atoms with Crippen LogP contribution in [0.1, 0.15) is 6.42 Å². The third kappa shape index (κ3) is 1.69. The highest BCUT2D eigenvalue weighted by Gasteiger charge is 1.91. The zero-order valence-corrected chi connectivity index (χ0v) is 5.54. The molecular weight excluding hydrogens is 123 g/mol. The molecule has 1 aliphatic heterocycles. The van der Waals surface area contributed by atoms with Crippen LogP contribution in [0.25, 0.3) is 0 Å². The number of hydrogen-bond donors (Lipinski definition) is 1. The average Bonchev–Trinajstić information content (AvgIpc) is 2.14. The molecule has 0 unspecified atom stereocenters. The Morgan fingerprint density at radius 3 is 3.10 bits per heavy atom. The van der Waals surface area contributed by atoms with Crippen LogP contribution in [0, 0.1) is 5.41 Å². The van der Waals surface area contributed by atoms with Crippen LogP contribution in [0.2, 0.25) is 0 Å². The smallest absolute Gasteiger partial charge is 0.115 e. The molecule has 1 aliphatic rings. The summed E-state index contributed by atoms with van der Waals surface area (Å²) in [5, 5.41) is 6.89. The molecule has 0 spiro atoms. The molecule has 0 saturated carbocycles. The van der Waals surface area contributed by atoms with E-state index in [0.717, 1.165) is 6.42 Å². The van der Waals surface area contributed by atoms with Gasteiger partial charge in [0, 0.05) is 12.4 Å². The standard InChI is InChI=1S/C7H7BN2/c8-6-2-1-3-7(4-9)10-5-6/h2-5,9H,1H2. The molecule has 1 rings (SSSR count). The van der Waals surface area contributed by atoms with Gasteiger partial charge < -0.3 is 5.41 Å². The van der Waals surface area contributed by atoms with E-state index in [4.69, 9.17) is 13.3 Å². The maximum absolute atomic E-state index is 6.89. The van der Waals surface area contributed by atoms with Gasteiger partial charge in [-0.15, -0.1) is 0 Å². The van der Waals surface area contributed by atoms with Gasteiger partial charge in [0.05, 0.1) is 5.70 Å². The van der Waals surface area contributed by atoms with Crippen molar-refractivity contribution in [2.75, 3.05) is 0 Å². The topological polar surface area (TPSA) is 36.2 Å². The van der Waals surface area contributed by atoms with Crippen molar-refractivity contribution in [2.24, 2.45) is 4.99 Å². The van der Waals surface area contributed by atoms with Gasteiger partial charge in [0.15, 0.2) is 0 Å². The summed E-state index contributed by atoms with van der Waals surface area (Å²) in [7, 11) is 5.46. The summed E-state index contributed by atoms with van der Waals surface area (Å²) in [5.41, 5.74) is 1.32. The van der Waals surface area contributed by atoms with E-state index in [9.17, 15) is 0 Å². The van der Waals surface area contributed by atoms with Crippen LogP contribution in [0.15, 0.2) is 28.3 Å². The van der Waals surface area contributed by atoms with Crippen molar-refractivity contribution in [1.82, 2.24) is 0 Å². The summed E-state index contributed by atoms with van der Waals surface area (Å²) < 4.78 is 0. The predicted molar refractivity (Wildman–Crippen MR) is 43.8 cm³/mol. The van der Waals surface area contributed by atoms with E-state index < -0.39 is 0 Å². The van der Waals surface area contributed by atoms with Crippen LogP contribution in [0.5, 0.6) is 0 Å². The number of hydrogen-bond acceptors (Lipinski definition) is 2. The minimum absolute atomic E-state index is 0.660. The number of aliphatic imine (C=N–C) groups is 1. The highest BCUT2D eigenvalue weighted by atomic mass is 14.7. The second-order valence-corrected chi connectivity index (χ2v) is 1.97. The van der Waals surface area contributed by atoms with Crippen molar-refractivity contribution in [3.8, 4) is 0 Å². The SMILES string of the molecule is [B]C1=CCC=C(C=N)N=C1. The molecule has 2 radical (unpaired) electrons. The molecule has 3 heteroatoms. The molecule has 0 amide bonds. The third-order valence-corrected chi connectivity index (χ3v) is 1.19. The number of rotatable bonds is 1. The largest absolute Gasteiger partial charge is 0.307 e. The Hall–Kier alpha value is -1.12. The molecule has 0 saturated heterocycles. The number of allylic oxidation sites excluding steroid dienone is 4. The van der Waals surface area contributed by atoms with E-state index in [-0.39, 0.29) is 0 Å². The van der Waals surface area contributed by atoms with Crippen molar-refractivity contribution in [2.45, 2.75) is 6.42 Å². The third-order valence-electron chi connectivity index (χ3n) is 1.19. The average molecular weight is 130 g/mol. The van der Waals surface area contributed by atoms with Crippen molar-refractivity contribution in [3.63, 3.8) is 0 Å². The summed E-state index contributed by atoms with van der Waals surface area (Å²) >= 11 is 0. The Kier molecular flexibility index (Phi) is 2.21. The summed E-state index contributed by atoms with van der Waals surface area (Å²) in [6, 6.07) is 0. The fourth-order valence-corrected chi connectivity index (χ4v) is 0.666. The van der Waals surface area contributed by atoms with Gasteiger partial charge in [0.1, 0.15) is 7.85 Å². The molecule has 10 heavy (non-hydrogen) atoms. The molecular formula is C7H7BN2. The first-order valence-electron chi connectivity index (χ1n) is 3.03. The van der Waals surface area contributed by atoms with Gasteiger partial charge in [0.25, 0.3) is 0 Å². The quantitative estimate of drug-likeness (QED) is 0.406. The van der Waals surface area contributed by atoms with Gasteiger partial charge in [-0.2, -0.15) is 0 Å². The lowest BCUT2D eigenvalue weighted by Crippen LogP contribution is -1.81. The lowest BCUT2D eigenvalue weighted by Gasteiger charge is -1.85. The van der Waals surface area contributed by atoms with Crippen LogP contribution in [0.3, 0.4) is 0 Å². The zero-order valence-electron chi connectivity index (χ0n) is 5.54. The van der Waals surface area contributed by atoms with Crippen molar-refractivity contribution < 1.29 is 0 Å². The van der Waals surface area contributed by atoms with Gasteiger partial charge in [-0.25, -0.2) is 0 Å². The molecule has 0 fully saturated rings. The Labute approximate surface area is 61.3 Å². The summed E-state index contributed by atoms with van der Waals surface area (Å²) in [6.07, 6.45) is 7.24. The Balaban J connectivity index is 2.78. The van der Waals surface area contributed by atoms with E-state index >= 15 is 0 Å². The fourth-order valence-electron chi connectivity index (χ4n) is 0.666. The lowest BCUT2D eigenvalue weighted by atomic mass is 9.96. The second-order valence-electron chi connectivity index (χ2n) is 1.97. The number of nitrogens with zero attached hydrogens (tertiary/aromatic N) is 1. The fraction of sp³-hybridized carbons (Fsp3) is 0.143. The predicted octanol–water partition coefficient (Wildman–Crippen LogP) is 1.05. The minimum atomic E-state index is 0.660. The van der Waals surface area contributed by atoms with E-state index in [1.807, 2.05) is 12.2 Å². The molecule has 1 heterocycles. The van der Waals surface area contributed by atoms with Crippen LogP contribution < -0.4 is 0 Å². The van der Waals surface area contributed by atoms with Gasteiger partial charge in [-0.05, 0) is 6.42 Å². The lowest BCUT2D eigenvalue weighted by molar-refractivity contribution is 1.34. The number of nitrogens with one attached hydrogen (secondary N) is 1. The summed E-state index contributed by atoms with van der Waals surface area (Å²) in [6.45, 7) is 0. The minimum Gasteiger partial charge on any atom is -0.307 e. The van der Waals surface area contributed by atoms with Gasteiger partial charge in [0.2, 0.25) is 0 Å². The van der Waals surface area contributed by atoms with Crippen LogP contribution in [-0.4, -0.2) is 20.3 Å². The maximum Gasteiger partial charge on any atom is 0.115 e. The first-order valence-corrected chi connectivity index (χ1v) is 3.03. The van der Waals surface area contributed by atoms with Crippen LogP contribution in [-0.2, 0) is 0 Å². The summed E-state index contributed by atoms with van der Waals surface area (Å²) in [5.74, 6) is 0. The van der Waals surface area contributed by atoms with E-state index in [1.54, 1.807) is 6.21 Å². The molecule has 0 aliphatic carbocycles. The Bertz CT molecular complexity index is 226. The monoisotopic (exact) mass is 130 g/mol. The van der Waals surface area contributed by atoms with E-state index in [0.29, 0.717) is 11.2 Å². The Morgan fingerprint density at radius 2 is 2.40 bits per heavy atom. The van der Waals surface area contributed by atoms with Crippen LogP contribution in [0.4, 0.5) is 0 Å². The zero-order chi connectivity index (χ0) is 7.40. The molecule has 2 nitrogen and oxygen atoms in total. The molecule has 0 atom stereocenters. The van der Waals surface area contributed by atoms with Crippen molar-refractivity contribution in [3.05, 3.63) is 23.3 Å². The van der Waals surface area contributed by atoms with Gasteiger partial charge in [-0.3, -0.25) is 4.99 Å². The van der Waals surface area contributed by atoms with E-state index in [2.05, 4.69) is 4.99 Å². The van der Waals surface area contributed by atoms with E-state index in [1.165, 1.54) is 6.21 Å². The molecule has 0 aromatic carbocycles. The van der Waals surface area contributed by atoms with Crippen molar-refractivity contribution in [1.29, 1.82) is 5.41 Å². The molecule has 48 valence electrons. The molecule has 0 bridgehead atoms. The highest BCUT2D eigenvalue weighted by Crippen LogP contribution is 2.02. The maximum atomic E-state index is 6.89.